The fourth-order valence-corrected chi connectivity index (χ4v) is 4.11. The largest absolute Gasteiger partial charge is 0.497 e. The van der Waals surface area contributed by atoms with E-state index in [1.165, 1.54) is 34.9 Å². The Morgan fingerprint density at radius 1 is 1.20 bits per heavy atom. The third-order valence-corrected chi connectivity index (χ3v) is 5.77. The number of hydrogen-bond acceptors (Lipinski definition) is 5. The van der Waals surface area contributed by atoms with Crippen LogP contribution in [0.1, 0.15) is 25.3 Å². The lowest BCUT2D eigenvalue weighted by molar-refractivity contribution is -0.113. The normalized spacial score (nSPS) is 15.0. The van der Waals surface area contributed by atoms with Crippen molar-refractivity contribution >= 4 is 46.2 Å². The van der Waals surface area contributed by atoms with E-state index in [-0.39, 0.29) is 16.6 Å². The van der Waals surface area contributed by atoms with Crippen LogP contribution in [0.5, 0.6) is 11.5 Å². The van der Waals surface area contributed by atoms with E-state index in [1.807, 2.05) is 0 Å². The lowest BCUT2D eigenvalue weighted by Gasteiger charge is -2.18. The van der Waals surface area contributed by atoms with Crippen LogP contribution >= 0.6 is 23.4 Å². The molecule has 0 N–H and O–H groups in total. The lowest BCUT2D eigenvalue weighted by Crippen LogP contribution is -2.30. The standard InChI is InChI=1S/C22H22ClFN2O3S/c1-4-5-10-30-22-25-19(11-14-6-8-16(28-2)13-20(14)29-3)21(27)26(22)15-7-9-18(24)17(23)12-15/h6-9,11-13H,4-5,10H2,1-3H3. The second kappa shape index (κ2) is 10.00. The van der Waals surface area contributed by atoms with E-state index in [4.69, 9.17) is 21.1 Å². The fourth-order valence-electron chi connectivity index (χ4n) is 2.84. The fraction of sp³-hybridized carbons (Fsp3) is 0.273. The highest BCUT2D eigenvalue weighted by molar-refractivity contribution is 8.14. The van der Waals surface area contributed by atoms with Crippen LogP contribution in [-0.2, 0) is 4.79 Å². The smallest absolute Gasteiger partial charge is 0.283 e. The molecule has 0 bridgehead atoms. The summed E-state index contributed by atoms with van der Waals surface area (Å²) in [4.78, 5) is 19.2. The van der Waals surface area contributed by atoms with Crippen LogP contribution in [0.15, 0.2) is 47.1 Å². The van der Waals surface area contributed by atoms with Crippen molar-refractivity contribution in [1.82, 2.24) is 0 Å². The number of rotatable bonds is 7. The minimum absolute atomic E-state index is 0.0486. The molecule has 2 aromatic rings. The zero-order chi connectivity index (χ0) is 21.7. The minimum Gasteiger partial charge on any atom is -0.497 e. The Hall–Kier alpha value is -2.51. The van der Waals surface area contributed by atoms with Crippen molar-refractivity contribution in [3.63, 3.8) is 0 Å². The van der Waals surface area contributed by atoms with Crippen molar-refractivity contribution in [2.75, 3.05) is 24.9 Å². The SMILES string of the molecule is CCCCSC1=NC(=Cc2ccc(OC)cc2OC)C(=O)N1c1ccc(F)c(Cl)c1. The highest BCUT2D eigenvalue weighted by Gasteiger charge is 2.32. The van der Waals surface area contributed by atoms with Gasteiger partial charge >= 0.3 is 0 Å². The summed E-state index contributed by atoms with van der Waals surface area (Å²) in [5, 5.41) is 0.488. The first-order chi connectivity index (χ1) is 14.5. The number of halogens is 2. The molecule has 0 aromatic heterocycles. The maximum absolute atomic E-state index is 13.6. The molecule has 0 radical (unpaired) electrons. The van der Waals surface area contributed by atoms with Crippen molar-refractivity contribution in [2.45, 2.75) is 19.8 Å². The molecule has 1 amide bonds. The van der Waals surface area contributed by atoms with Gasteiger partial charge in [-0.25, -0.2) is 9.38 Å². The average molecular weight is 449 g/mol. The van der Waals surface area contributed by atoms with Crippen LogP contribution in [0.25, 0.3) is 6.08 Å². The first-order valence-electron chi connectivity index (χ1n) is 9.43. The van der Waals surface area contributed by atoms with Crippen LogP contribution in [0.4, 0.5) is 10.1 Å². The number of ether oxygens (including phenoxy) is 2. The maximum atomic E-state index is 13.6. The Morgan fingerprint density at radius 3 is 2.67 bits per heavy atom. The number of amidine groups is 1. The van der Waals surface area contributed by atoms with Gasteiger partial charge in [0.2, 0.25) is 0 Å². The third kappa shape index (κ3) is 4.79. The topological polar surface area (TPSA) is 51.1 Å². The number of unbranched alkanes of at least 4 members (excludes halogenated alkanes) is 1. The Bertz CT molecular complexity index is 1010. The molecule has 1 aliphatic rings. The van der Waals surface area contributed by atoms with Crippen molar-refractivity contribution in [3.8, 4) is 11.5 Å². The number of carbonyl (C=O) groups excluding carboxylic acids is 1. The number of methoxy groups -OCH3 is 2. The molecule has 1 heterocycles. The number of amides is 1. The van der Waals surface area contributed by atoms with E-state index in [2.05, 4.69) is 11.9 Å². The second-order valence-electron chi connectivity index (χ2n) is 6.47. The molecule has 0 saturated heterocycles. The molecule has 2 aromatic carbocycles. The number of benzene rings is 2. The van der Waals surface area contributed by atoms with Gasteiger partial charge in [0.25, 0.3) is 5.91 Å². The molecular formula is C22H22ClFN2O3S. The molecule has 30 heavy (non-hydrogen) atoms. The number of anilines is 1. The molecular weight excluding hydrogens is 427 g/mol. The van der Waals surface area contributed by atoms with E-state index in [9.17, 15) is 9.18 Å². The van der Waals surface area contributed by atoms with Crippen molar-refractivity contribution in [2.24, 2.45) is 4.99 Å². The van der Waals surface area contributed by atoms with Gasteiger partial charge in [0.15, 0.2) is 5.17 Å². The zero-order valence-electron chi connectivity index (χ0n) is 16.9. The van der Waals surface area contributed by atoms with Gasteiger partial charge in [-0.05, 0) is 42.8 Å². The van der Waals surface area contributed by atoms with Gasteiger partial charge in [-0.1, -0.05) is 36.7 Å². The molecule has 0 atom stereocenters. The summed E-state index contributed by atoms with van der Waals surface area (Å²) in [6.45, 7) is 2.10. The summed E-state index contributed by atoms with van der Waals surface area (Å²) in [5.41, 5.74) is 1.43. The first-order valence-corrected chi connectivity index (χ1v) is 10.8. The summed E-state index contributed by atoms with van der Waals surface area (Å²) in [5.74, 6) is 1.17. The van der Waals surface area contributed by atoms with Gasteiger partial charge in [0, 0.05) is 17.4 Å². The predicted octanol–water partition coefficient (Wildman–Crippen LogP) is 5.77. The Kier molecular flexibility index (Phi) is 7.39. The highest BCUT2D eigenvalue weighted by atomic mass is 35.5. The van der Waals surface area contributed by atoms with Crippen LogP contribution in [0, 0.1) is 5.82 Å². The third-order valence-electron chi connectivity index (χ3n) is 4.45. The summed E-state index contributed by atoms with van der Waals surface area (Å²) in [6.07, 6.45) is 3.69. The summed E-state index contributed by atoms with van der Waals surface area (Å²) < 4.78 is 24.3. The van der Waals surface area contributed by atoms with E-state index in [0.29, 0.717) is 27.9 Å². The lowest BCUT2D eigenvalue weighted by atomic mass is 10.1. The van der Waals surface area contributed by atoms with Gasteiger partial charge < -0.3 is 9.47 Å². The molecule has 0 saturated carbocycles. The Labute approximate surface area is 184 Å². The summed E-state index contributed by atoms with van der Waals surface area (Å²) in [7, 11) is 3.12. The summed E-state index contributed by atoms with van der Waals surface area (Å²) >= 11 is 7.43. The van der Waals surface area contributed by atoms with Crippen LogP contribution in [0.2, 0.25) is 5.02 Å². The van der Waals surface area contributed by atoms with E-state index < -0.39 is 5.82 Å². The maximum Gasteiger partial charge on any atom is 0.283 e. The highest BCUT2D eigenvalue weighted by Crippen LogP contribution is 2.33. The number of aliphatic imine (C=N–C) groups is 1. The number of nitrogens with zero attached hydrogens (tertiary/aromatic N) is 2. The molecule has 0 unspecified atom stereocenters. The molecule has 5 nitrogen and oxygen atoms in total. The molecule has 0 fully saturated rings. The summed E-state index contributed by atoms with van der Waals surface area (Å²) in [6, 6.07) is 9.52. The van der Waals surface area contributed by atoms with Crippen molar-refractivity contribution < 1.29 is 18.7 Å². The van der Waals surface area contributed by atoms with Crippen LogP contribution in [-0.4, -0.2) is 31.0 Å². The molecule has 0 aliphatic carbocycles. The van der Waals surface area contributed by atoms with Crippen molar-refractivity contribution in [3.05, 3.63) is 58.5 Å². The number of hydrogen-bond donors (Lipinski definition) is 0. The van der Waals surface area contributed by atoms with Gasteiger partial charge in [-0.3, -0.25) is 9.69 Å². The predicted molar refractivity (Wildman–Crippen MR) is 121 cm³/mol. The molecule has 0 spiro atoms. The van der Waals surface area contributed by atoms with Gasteiger partial charge in [0.05, 0.1) is 24.9 Å². The average Bonchev–Trinajstić information content (AvgIpc) is 3.05. The zero-order valence-corrected chi connectivity index (χ0v) is 18.5. The van der Waals surface area contributed by atoms with E-state index in [1.54, 1.807) is 38.5 Å². The van der Waals surface area contributed by atoms with Gasteiger partial charge in [-0.15, -0.1) is 0 Å². The number of thioether (sulfide) groups is 1. The molecule has 8 heteroatoms. The second-order valence-corrected chi connectivity index (χ2v) is 7.94. The van der Waals surface area contributed by atoms with Gasteiger partial charge in [-0.2, -0.15) is 0 Å². The Morgan fingerprint density at radius 2 is 2.00 bits per heavy atom. The number of carbonyl (C=O) groups is 1. The van der Waals surface area contributed by atoms with Crippen LogP contribution in [0.3, 0.4) is 0 Å². The van der Waals surface area contributed by atoms with Crippen molar-refractivity contribution in [1.29, 1.82) is 0 Å². The first kappa shape index (κ1) is 22.2. The molecule has 3 rings (SSSR count). The molecule has 158 valence electrons. The molecule has 1 aliphatic heterocycles. The monoisotopic (exact) mass is 448 g/mol. The quantitative estimate of drug-likeness (QED) is 0.398. The van der Waals surface area contributed by atoms with E-state index in [0.717, 1.165) is 18.6 Å². The van der Waals surface area contributed by atoms with Crippen LogP contribution < -0.4 is 14.4 Å². The Balaban J connectivity index is 2.00. The van der Waals surface area contributed by atoms with Gasteiger partial charge in [0.1, 0.15) is 23.0 Å². The van der Waals surface area contributed by atoms with E-state index >= 15 is 0 Å². The minimum atomic E-state index is -0.539.